The summed E-state index contributed by atoms with van der Waals surface area (Å²) in [4.78, 5) is 25.3. The van der Waals surface area contributed by atoms with Crippen molar-refractivity contribution in [3.63, 3.8) is 0 Å². The van der Waals surface area contributed by atoms with Crippen LogP contribution in [0.25, 0.3) is 0 Å². The average Bonchev–Trinajstić information content (AvgIpc) is 2.64. The topological polar surface area (TPSA) is 78.9 Å². The molecule has 2 fully saturated rings. The number of carbonyl (C=O) groups is 2. The maximum absolute atomic E-state index is 12.3. The lowest BCUT2D eigenvalue weighted by atomic mass is 9.84. The Kier molecular flexibility index (Phi) is 5.23. The molecule has 6 heteroatoms. The molecule has 2 amide bonds. The maximum atomic E-state index is 12.3. The van der Waals surface area contributed by atoms with Gasteiger partial charge in [-0.05, 0) is 26.2 Å². The van der Waals surface area contributed by atoms with Crippen LogP contribution < -0.4 is 5.32 Å². The summed E-state index contributed by atoms with van der Waals surface area (Å²) in [5, 5.41) is 12.2. The molecule has 2 N–H and O–H groups in total. The molecule has 1 aliphatic heterocycles. The Hall–Kier alpha value is -1.30. The summed E-state index contributed by atoms with van der Waals surface area (Å²) < 4.78 is 5.52. The standard InChI is InChI=1S/C14H24N2O4/c1-10-9-16(7-4-8-20-10)14(19)15-12-6-3-2-5-11(12)13(17)18/h10-12H,2-9H2,1H3,(H,15,19)(H,17,18). The second-order valence-electron chi connectivity index (χ2n) is 5.77. The molecule has 0 aromatic rings. The molecule has 1 heterocycles. The smallest absolute Gasteiger partial charge is 0.317 e. The van der Waals surface area contributed by atoms with Crippen LogP contribution in [-0.2, 0) is 9.53 Å². The van der Waals surface area contributed by atoms with E-state index in [4.69, 9.17) is 4.74 Å². The van der Waals surface area contributed by atoms with E-state index >= 15 is 0 Å². The van der Waals surface area contributed by atoms with E-state index in [1.807, 2.05) is 6.92 Å². The van der Waals surface area contributed by atoms with Gasteiger partial charge in [-0.25, -0.2) is 4.79 Å². The van der Waals surface area contributed by atoms with Gasteiger partial charge in [-0.1, -0.05) is 12.8 Å². The predicted molar refractivity (Wildman–Crippen MR) is 73.5 cm³/mol. The molecule has 0 radical (unpaired) electrons. The zero-order chi connectivity index (χ0) is 14.5. The van der Waals surface area contributed by atoms with Crippen molar-refractivity contribution in [3.8, 4) is 0 Å². The third kappa shape index (κ3) is 3.85. The SMILES string of the molecule is CC1CN(C(=O)NC2CCCCC2C(=O)O)CCCO1. The Labute approximate surface area is 119 Å². The number of aliphatic carboxylic acids is 1. The third-order valence-electron chi connectivity index (χ3n) is 4.13. The van der Waals surface area contributed by atoms with Crippen LogP contribution in [0, 0.1) is 5.92 Å². The number of hydrogen-bond donors (Lipinski definition) is 2. The molecule has 0 bridgehead atoms. The van der Waals surface area contributed by atoms with Crippen molar-refractivity contribution in [1.82, 2.24) is 10.2 Å². The molecule has 2 aliphatic rings. The predicted octanol–water partition coefficient (Wildman–Crippen LogP) is 1.45. The molecule has 2 rings (SSSR count). The summed E-state index contributed by atoms with van der Waals surface area (Å²) in [5.74, 6) is -1.25. The molecular weight excluding hydrogens is 260 g/mol. The zero-order valence-corrected chi connectivity index (χ0v) is 12.0. The number of hydrogen-bond acceptors (Lipinski definition) is 3. The van der Waals surface area contributed by atoms with Gasteiger partial charge < -0.3 is 20.1 Å². The fourth-order valence-electron chi connectivity index (χ4n) is 3.03. The fraction of sp³-hybridized carbons (Fsp3) is 0.857. The molecule has 0 aromatic carbocycles. The molecule has 3 atom stereocenters. The van der Waals surface area contributed by atoms with Gasteiger partial charge in [0.15, 0.2) is 0 Å². The molecule has 6 nitrogen and oxygen atoms in total. The molecule has 1 aliphatic carbocycles. The summed E-state index contributed by atoms with van der Waals surface area (Å²) >= 11 is 0. The second-order valence-corrected chi connectivity index (χ2v) is 5.77. The first-order valence-electron chi connectivity index (χ1n) is 7.48. The lowest BCUT2D eigenvalue weighted by Gasteiger charge is -2.32. The lowest BCUT2D eigenvalue weighted by Crippen LogP contribution is -2.51. The summed E-state index contributed by atoms with van der Waals surface area (Å²) in [6.07, 6.45) is 4.17. The van der Waals surface area contributed by atoms with E-state index in [-0.39, 0.29) is 18.2 Å². The molecular formula is C14H24N2O4. The minimum absolute atomic E-state index is 0.0323. The van der Waals surface area contributed by atoms with Gasteiger partial charge in [-0.15, -0.1) is 0 Å². The van der Waals surface area contributed by atoms with Crippen molar-refractivity contribution in [2.75, 3.05) is 19.7 Å². The molecule has 20 heavy (non-hydrogen) atoms. The number of carbonyl (C=O) groups excluding carboxylic acids is 1. The largest absolute Gasteiger partial charge is 0.481 e. The van der Waals surface area contributed by atoms with Crippen LogP contribution in [0.15, 0.2) is 0 Å². The Balaban J connectivity index is 1.93. The van der Waals surface area contributed by atoms with Crippen LogP contribution in [0.1, 0.15) is 39.0 Å². The van der Waals surface area contributed by atoms with Crippen LogP contribution in [0.3, 0.4) is 0 Å². The summed E-state index contributed by atoms with van der Waals surface area (Å²) in [7, 11) is 0. The van der Waals surface area contributed by atoms with E-state index in [1.165, 1.54) is 0 Å². The van der Waals surface area contributed by atoms with Gasteiger partial charge >= 0.3 is 12.0 Å². The number of nitrogens with one attached hydrogen (secondary N) is 1. The van der Waals surface area contributed by atoms with Crippen LogP contribution >= 0.6 is 0 Å². The van der Waals surface area contributed by atoms with Crippen molar-refractivity contribution in [3.05, 3.63) is 0 Å². The molecule has 114 valence electrons. The average molecular weight is 284 g/mol. The van der Waals surface area contributed by atoms with Gasteiger partial charge in [0.2, 0.25) is 0 Å². The van der Waals surface area contributed by atoms with Gasteiger partial charge in [-0.2, -0.15) is 0 Å². The van der Waals surface area contributed by atoms with E-state index in [9.17, 15) is 14.7 Å². The van der Waals surface area contributed by atoms with Crippen LogP contribution in [0.4, 0.5) is 4.79 Å². The highest BCUT2D eigenvalue weighted by Gasteiger charge is 2.33. The Bertz CT molecular complexity index is 361. The van der Waals surface area contributed by atoms with E-state index in [0.717, 1.165) is 25.7 Å². The monoisotopic (exact) mass is 284 g/mol. The third-order valence-corrected chi connectivity index (χ3v) is 4.13. The lowest BCUT2D eigenvalue weighted by molar-refractivity contribution is -0.143. The second kappa shape index (κ2) is 6.92. The Morgan fingerprint density at radius 3 is 2.75 bits per heavy atom. The highest BCUT2D eigenvalue weighted by Crippen LogP contribution is 2.25. The highest BCUT2D eigenvalue weighted by atomic mass is 16.5. The molecule has 3 unspecified atom stereocenters. The van der Waals surface area contributed by atoms with Crippen molar-refractivity contribution in [1.29, 1.82) is 0 Å². The number of amides is 2. The molecule has 1 saturated carbocycles. The fourth-order valence-corrected chi connectivity index (χ4v) is 3.03. The van der Waals surface area contributed by atoms with Gasteiger partial charge in [0.05, 0.1) is 12.0 Å². The maximum Gasteiger partial charge on any atom is 0.317 e. The van der Waals surface area contributed by atoms with E-state index in [1.54, 1.807) is 4.90 Å². The van der Waals surface area contributed by atoms with Crippen molar-refractivity contribution in [2.24, 2.45) is 5.92 Å². The summed E-state index contributed by atoms with van der Waals surface area (Å²) in [6, 6.07) is -0.395. The first-order valence-corrected chi connectivity index (χ1v) is 7.48. The van der Waals surface area contributed by atoms with Gasteiger partial charge in [0.25, 0.3) is 0 Å². The summed E-state index contributed by atoms with van der Waals surface area (Å²) in [5.41, 5.74) is 0. The zero-order valence-electron chi connectivity index (χ0n) is 12.0. The number of nitrogens with zero attached hydrogens (tertiary/aromatic N) is 1. The highest BCUT2D eigenvalue weighted by molar-refractivity contribution is 5.77. The number of rotatable bonds is 2. The van der Waals surface area contributed by atoms with Crippen molar-refractivity contribution in [2.45, 2.75) is 51.2 Å². The van der Waals surface area contributed by atoms with Crippen LogP contribution in [0.5, 0.6) is 0 Å². The first kappa shape index (κ1) is 15.1. The quantitative estimate of drug-likeness (QED) is 0.804. The van der Waals surface area contributed by atoms with Gasteiger partial charge in [0, 0.05) is 25.7 Å². The molecule has 0 aromatic heterocycles. The van der Waals surface area contributed by atoms with Gasteiger partial charge in [-0.3, -0.25) is 4.79 Å². The minimum Gasteiger partial charge on any atom is -0.481 e. The van der Waals surface area contributed by atoms with Crippen molar-refractivity contribution >= 4 is 12.0 Å². The van der Waals surface area contributed by atoms with E-state index in [0.29, 0.717) is 26.1 Å². The first-order chi connectivity index (χ1) is 9.58. The summed E-state index contributed by atoms with van der Waals surface area (Å²) in [6.45, 7) is 3.86. The Morgan fingerprint density at radius 1 is 1.25 bits per heavy atom. The number of urea groups is 1. The minimum atomic E-state index is -0.803. The molecule has 1 saturated heterocycles. The van der Waals surface area contributed by atoms with Crippen molar-refractivity contribution < 1.29 is 19.4 Å². The van der Waals surface area contributed by atoms with Crippen LogP contribution in [-0.4, -0.2) is 53.8 Å². The number of carboxylic acids is 1. The van der Waals surface area contributed by atoms with Crippen LogP contribution in [0.2, 0.25) is 0 Å². The van der Waals surface area contributed by atoms with E-state index in [2.05, 4.69) is 5.32 Å². The number of ether oxygens (including phenoxy) is 1. The van der Waals surface area contributed by atoms with E-state index < -0.39 is 11.9 Å². The Morgan fingerprint density at radius 2 is 2.00 bits per heavy atom. The van der Waals surface area contributed by atoms with Gasteiger partial charge in [0.1, 0.15) is 0 Å². The number of carboxylic acid groups (broad SMARTS) is 1. The molecule has 0 spiro atoms. The normalized spacial score (nSPS) is 31.4.